The fourth-order valence-electron chi connectivity index (χ4n) is 2.80. The van der Waals surface area contributed by atoms with Gasteiger partial charge in [-0.05, 0) is 56.8 Å². The average Bonchev–Trinajstić information content (AvgIpc) is 2.81. The number of aromatic nitrogens is 2. The van der Waals surface area contributed by atoms with Gasteiger partial charge in [0, 0.05) is 23.5 Å². The number of hydrogen-bond donors (Lipinski definition) is 4. The van der Waals surface area contributed by atoms with E-state index in [9.17, 15) is 9.18 Å². The minimum atomic E-state index is -0.342. The number of hydrogen-bond acceptors (Lipinski definition) is 6. The van der Waals surface area contributed by atoms with Crippen LogP contribution >= 0.6 is 0 Å². The van der Waals surface area contributed by atoms with Crippen LogP contribution in [0.4, 0.5) is 27.5 Å². The molecule has 0 saturated heterocycles. The van der Waals surface area contributed by atoms with Crippen LogP contribution < -0.4 is 21.3 Å². The predicted octanol–water partition coefficient (Wildman–Crippen LogP) is 4.13. The van der Waals surface area contributed by atoms with Crippen molar-refractivity contribution in [1.82, 2.24) is 15.3 Å². The highest BCUT2D eigenvalue weighted by atomic mass is 19.1. The molecular weight excluding hydrogens is 419 g/mol. The number of nitrogens with zero attached hydrogens (tertiary/aromatic N) is 2. The maximum Gasteiger partial charge on any atom is 0.241 e. The van der Waals surface area contributed by atoms with Crippen molar-refractivity contribution in [3.8, 4) is 11.8 Å². The molecule has 0 aliphatic rings. The second-order valence-electron chi connectivity index (χ2n) is 7.35. The summed E-state index contributed by atoms with van der Waals surface area (Å²) in [5.74, 6) is 6.67. The van der Waals surface area contributed by atoms with E-state index in [1.807, 2.05) is 24.3 Å². The van der Waals surface area contributed by atoms with E-state index in [1.165, 1.54) is 12.1 Å². The Kier molecular flexibility index (Phi) is 8.33. The van der Waals surface area contributed by atoms with Gasteiger partial charge in [0.1, 0.15) is 11.6 Å². The molecule has 0 spiro atoms. The number of nitrogens with one attached hydrogen (secondary N) is 4. The third-order valence-electron chi connectivity index (χ3n) is 4.71. The number of benzene rings is 2. The van der Waals surface area contributed by atoms with Crippen molar-refractivity contribution in [3.05, 3.63) is 71.7 Å². The first kappa shape index (κ1) is 23.7. The quantitative estimate of drug-likeness (QED) is 0.389. The van der Waals surface area contributed by atoms with E-state index in [1.54, 1.807) is 32.3 Å². The monoisotopic (exact) mass is 446 g/mol. The minimum Gasteiger partial charge on any atom is -0.369 e. The largest absolute Gasteiger partial charge is 0.369 e. The van der Waals surface area contributed by atoms with E-state index in [0.29, 0.717) is 28.7 Å². The molecule has 0 fully saturated rings. The Balaban J connectivity index is 1.82. The molecule has 170 valence electrons. The number of likely N-dealkylation sites (N-methyl/N-ethyl adjacent to an activating group) is 1. The third kappa shape index (κ3) is 7.02. The maximum atomic E-state index is 13.5. The zero-order valence-corrected chi connectivity index (χ0v) is 18.9. The van der Waals surface area contributed by atoms with Gasteiger partial charge in [0.15, 0.2) is 0 Å². The molecule has 1 aromatic heterocycles. The van der Waals surface area contributed by atoms with Crippen molar-refractivity contribution in [3.63, 3.8) is 0 Å². The maximum absolute atomic E-state index is 13.5. The number of carbonyl (C=O) groups is 1. The molecule has 1 heterocycles. The summed E-state index contributed by atoms with van der Waals surface area (Å²) >= 11 is 0. The fraction of sp³-hybridized carbons (Fsp3) is 0.240. The molecule has 0 radical (unpaired) electrons. The standard InChI is InChI=1S/C25H27FN6O/c1-4-13-28-23-19(16-29-25(32-23)31-22-10-6-8-20(26)15-22)12-11-18-7-5-9-21(14-18)30-24(33)17(2)27-3/h5-10,14-17,27H,4,13H2,1-3H3,(H,30,33)(H2,28,29,31,32). The lowest BCUT2D eigenvalue weighted by molar-refractivity contribution is -0.117. The molecule has 0 aliphatic carbocycles. The Morgan fingerprint density at radius 1 is 1.12 bits per heavy atom. The van der Waals surface area contributed by atoms with Crippen LogP contribution in [0.3, 0.4) is 0 Å². The summed E-state index contributed by atoms with van der Waals surface area (Å²) in [5.41, 5.74) is 2.60. The summed E-state index contributed by atoms with van der Waals surface area (Å²) in [4.78, 5) is 20.9. The Morgan fingerprint density at radius 3 is 2.67 bits per heavy atom. The van der Waals surface area contributed by atoms with Gasteiger partial charge < -0.3 is 21.3 Å². The summed E-state index contributed by atoms with van der Waals surface area (Å²) in [6, 6.07) is 13.1. The van der Waals surface area contributed by atoms with Crippen molar-refractivity contribution in [2.75, 3.05) is 29.5 Å². The normalized spacial score (nSPS) is 11.2. The van der Waals surface area contributed by atoms with Gasteiger partial charge in [0.25, 0.3) is 0 Å². The molecule has 1 unspecified atom stereocenters. The summed E-state index contributed by atoms with van der Waals surface area (Å²) < 4.78 is 13.5. The second-order valence-corrected chi connectivity index (χ2v) is 7.35. The van der Waals surface area contributed by atoms with Crippen LogP contribution in [0.15, 0.2) is 54.7 Å². The van der Waals surface area contributed by atoms with Gasteiger partial charge in [-0.25, -0.2) is 9.37 Å². The van der Waals surface area contributed by atoms with Gasteiger partial charge in [-0.15, -0.1) is 0 Å². The summed E-state index contributed by atoms with van der Waals surface area (Å²) in [6.07, 6.45) is 2.54. The zero-order valence-electron chi connectivity index (χ0n) is 18.9. The lowest BCUT2D eigenvalue weighted by Gasteiger charge is -2.11. The van der Waals surface area contributed by atoms with Crippen LogP contribution in [0.1, 0.15) is 31.4 Å². The highest BCUT2D eigenvalue weighted by molar-refractivity contribution is 5.94. The molecule has 0 saturated carbocycles. The number of anilines is 4. The molecular formula is C25H27FN6O. The molecule has 0 aliphatic heterocycles. The van der Waals surface area contributed by atoms with Crippen molar-refractivity contribution in [2.24, 2.45) is 0 Å². The second kappa shape index (κ2) is 11.6. The summed E-state index contributed by atoms with van der Waals surface area (Å²) in [5, 5.41) is 12.0. The molecule has 1 atom stereocenters. The lowest BCUT2D eigenvalue weighted by atomic mass is 10.2. The summed E-state index contributed by atoms with van der Waals surface area (Å²) in [6.45, 7) is 4.56. The van der Waals surface area contributed by atoms with Gasteiger partial charge in [-0.2, -0.15) is 4.98 Å². The number of rotatable bonds is 8. The number of amides is 1. The van der Waals surface area contributed by atoms with Crippen LogP contribution in [0.25, 0.3) is 0 Å². The first-order valence-corrected chi connectivity index (χ1v) is 10.7. The van der Waals surface area contributed by atoms with E-state index in [0.717, 1.165) is 18.5 Å². The first-order chi connectivity index (χ1) is 16.0. The summed E-state index contributed by atoms with van der Waals surface area (Å²) in [7, 11) is 1.73. The van der Waals surface area contributed by atoms with Crippen LogP contribution in [-0.2, 0) is 4.79 Å². The Hall–Kier alpha value is -3.96. The van der Waals surface area contributed by atoms with Crippen molar-refractivity contribution in [2.45, 2.75) is 26.3 Å². The first-order valence-electron chi connectivity index (χ1n) is 10.7. The Bertz CT molecular complexity index is 1170. The number of carbonyl (C=O) groups excluding carboxylic acids is 1. The van der Waals surface area contributed by atoms with Gasteiger partial charge in [0.05, 0.1) is 17.8 Å². The highest BCUT2D eigenvalue weighted by Crippen LogP contribution is 2.18. The number of halogens is 1. The van der Waals surface area contributed by atoms with Crippen LogP contribution in [0, 0.1) is 17.7 Å². The molecule has 1 amide bonds. The Morgan fingerprint density at radius 2 is 1.91 bits per heavy atom. The average molecular weight is 447 g/mol. The van der Waals surface area contributed by atoms with E-state index in [2.05, 4.69) is 50.0 Å². The van der Waals surface area contributed by atoms with Crippen LogP contribution in [-0.4, -0.2) is 35.5 Å². The smallest absolute Gasteiger partial charge is 0.241 e. The predicted molar refractivity (Wildman–Crippen MR) is 130 cm³/mol. The molecule has 4 N–H and O–H groups in total. The zero-order chi connectivity index (χ0) is 23.6. The topological polar surface area (TPSA) is 91.0 Å². The minimum absolute atomic E-state index is 0.122. The van der Waals surface area contributed by atoms with Gasteiger partial charge in [-0.3, -0.25) is 4.79 Å². The van der Waals surface area contributed by atoms with E-state index in [-0.39, 0.29) is 17.8 Å². The van der Waals surface area contributed by atoms with E-state index >= 15 is 0 Å². The third-order valence-corrected chi connectivity index (χ3v) is 4.71. The van der Waals surface area contributed by atoms with Crippen molar-refractivity contribution >= 4 is 29.0 Å². The van der Waals surface area contributed by atoms with E-state index in [4.69, 9.17) is 0 Å². The van der Waals surface area contributed by atoms with Crippen LogP contribution in [0.2, 0.25) is 0 Å². The van der Waals surface area contributed by atoms with Gasteiger partial charge in [0.2, 0.25) is 11.9 Å². The molecule has 8 heteroatoms. The molecule has 33 heavy (non-hydrogen) atoms. The molecule has 3 rings (SSSR count). The SMILES string of the molecule is CCCNc1nc(Nc2cccc(F)c2)ncc1C#Cc1cccc(NC(=O)C(C)NC)c1. The van der Waals surface area contributed by atoms with Crippen LogP contribution in [0.5, 0.6) is 0 Å². The van der Waals surface area contributed by atoms with Gasteiger partial charge >= 0.3 is 0 Å². The van der Waals surface area contributed by atoms with Crippen molar-refractivity contribution < 1.29 is 9.18 Å². The molecule has 7 nitrogen and oxygen atoms in total. The molecule has 3 aromatic rings. The van der Waals surface area contributed by atoms with E-state index < -0.39 is 0 Å². The fourth-order valence-corrected chi connectivity index (χ4v) is 2.80. The lowest BCUT2D eigenvalue weighted by Crippen LogP contribution is -2.35. The molecule has 2 aromatic carbocycles. The molecule has 0 bridgehead atoms. The van der Waals surface area contributed by atoms with Gasteiger partial charge in [-0.1, -0.05) is 30.9 Å². The Labute approximate surface area is 193 Å². The van der Waals surface area contributed by atoms with Crippen molar-refractivity contribution in [1.29, 1.82) is 0 Å². The highest BCUT2D eigenvalue weighted by Gasteiger charge is 2.10.